The smallest absolute Gasteiger partial charge is 0.104 e. The Labute approximate surface area is 120 Å². The van der Waals surface area contributed by atoms with Crippen molar-refractivity contribution in [2.75, 3.05) is 24.6 Å². The molecule has 1 aromatic rings. The van der Waals surface area contributed by atoms with E-state index in [4.69, 9.17) is 22.7 Å². The summed E-state index contributed by atoms with van der Waals surface area (Å²) in [6, 6.07) is 6.28. The van der Waals surface area contributed by atoms with E-state index in [1.54, 1.807) is 0 Å². The lowest BCUT2D eigenvalue weighted by Crippen LogP contribution is -2.32. The van der Waals surface area contributed by atoms with Crippen LogP contribution in [0.15, 0.2) is 18.2 Å². The minimum atomic E-state index is 0.371. The third-order valence-electron chi connectivity index (χ3n) is 3.67. The van der Waals surface area contributed by atoms with Crippen molar-refractivity contribution in [3.05, 3.63) is 29.3 Å². The van der Waals surface area contributed by atoms with E-state index in [0.717, 1.165) is 30.8 Å². The molecule has 0 radical (unpaired) electrons. The number of rotatable bonds is 5. The molecule has 4 heteroatoms. The molecule has 0 amide bonds. The lowest BCUT2D eigenvalue weighted by Gasteiger charge is -2.26. The molecule has 3 nitrogen and oxygen atoms in total. The van der Waals surface area contributed by atoms with Crippen molar-refractivity contribution in [1.29, 1.82) is 0 Å². The van der Waals surface area contributed by atoms with E-state index in [9.17, 15) is 0 Å². The highest BCUT2D eigenvalue weighted by Gasteiger charge is 2.19. The molecule has 1 aromatic carbocycles. The molecule has 1 heterocycles. The van der Waals surface area contributed by atoms with E-state index in [1.807, 2.05) is 6.07 Å². The zero-order chi connectivity index (χ0) is 13.8. The minimum absolute atomic E-state index is 0.371. The van der Waals surface area contributed by atoms with Crippen molar-refractivity contribution < 1.29 is 4.74 Å². The summed E-state index contributed by atoms with van der Waals surface area (Å²) in [7, 11) is 0. The van der Waals surface area contributed by atoms with E-state index in [-0.39, 0.29) is 0 Å². The van der Waals surface area contributed by atoms with Crippen LogP contribution in [-0.4, -0.2) is 30.8 Å². The number of benzene rings is 1. The van der Waals surface area contributed by atoms with Gasteiger partial charge in [0.15, 0.2) is 0 Å². The summed E-state index contributed by atoms with van der Waals surface area (Å²) < 4.78 is 5.72. The zero-order valence-electron chi connectivity index (χ0n) is 11.7. The van der Waals surface area contributed by atoms with Gasteiger partial charge in [0.2, 0.25) is 0 Å². The van der Waals surface area contributed by atoms with Gasteiger partial charge < -0.3 is 15.4 Å². The van der Waals surface area contributed by atoms with Crippen LogP contribution in [0.5, 0.6) is 0 Å². The largest absolute Gasteiger partial charge is 0.389 e. The van der Waals surface area contributed by atoms with Gasteiger partial charge in [-0.1, -0.05) is 12.2 Å². The quantitative estimate of drug-likeness (QED) is 0.840. The second-order valence-corrected chi connectivity index (χ2v) is 5.48. The Morgan fingerprint density at radius 1 is 1.53 bits per heavy atom. The first-order chi connectivity index (χ1) is 9.11. The molecule has 1 aliphatic rings. The number of thiocarbonyl (C=S) groups is 1. The highest BCUT2D eigenvalue weighted by Crippen LogP contribution is 2.22. The third kappa shape index (κ3) is 3.45. The number of aryl methyl sites for hydroxylation is 1. The van der Waals surface area contributed by atoms with Crippen LogP contribution < -0.4 is 10.6 Å². The molecule has 2 rings (SSSR count). The van der Waals surface area contributed by atoms with Gasteiger partial charge in [0.05, 0.1) is 6.10 Å². The molecule has 2 N–H and O–H groups in total. The molecular formula is C15H22N2OS. The maximum atomic E-state index is 5.72. The number of anilines is 1. The van der Waals surface area contributed by atoms with Crippen molar-refractivity contribution in [3.63, 3.8) is 0 Å². The normalized spacial score (nSPS) is 18.5. The van der Waals surface area contributed by atoms with Crippen molar-refractivity contribution in [3.8, 4) is 0 Å². The second-order valence-electron chi connectivity index (χ2n) is 5.04. The summed E-state index contributed by atoms with van der Waals surface area (Å²) in [5, 5.41) is 0. The number of nitrogens with two attached hydrogens (primary N) is 1. The lowest BCUT2D eigenvalue weighted by molar-refractivity contribution is 0.115. The first-order valence-electron chi connectivity index (χ1n) is 6.88. The van der Waals surface area contributed by atoms with Crippen LogP contribution in [0.3, 0.4) is 0 Å². The van der Waals surface area contributed by atoms with Gasteiger partial charge in [0.25, 0.3) is 0 Å². The van der Waals surface area contributed by atoms with Crippen LogP contribution in [0.4, 0.5) is 5.69 Å². The summed E-state index contributed by atoms with van der Waals surface area (Å²) in [6.45, 7) is 7.07. The molecule has 1 atom stereocenters. The van der Waals surface area contributed by atoms with Crippen molar-refractivity contribution in [2.45, 2.75) is 32.8 Å². The average molecular weight is 278 g/mol. The molecule has 19 heavy (non-hydrogen) atoms. The Kier molecular flexibility index (Phi) is 4.77. The van der Waals surface area contributed by atoms with Gasteiger partial charge in [0, 0.05) is 30.9 Å². The SMILES string of the molecule is CCN(CC1CCCO1)c1ccc(C(N)=S)c(C)c1. The van der Waals surface area contributed by atoms with E-state index in [1.165, 1.54) is 18.5 Å². The number of hydrogen-bond donors (Lipinski definition) is 1. The highest BCUT2D eigenvalue weighted by molar-refractivity contribution is 7.80. The molecule has 0 saturated carbocycles. The van der Waals surface area contributed by atoms with E-state index >= 15 is 0 Å². The minimum Gasteiger partial charge on any atom is -0.389 e. The molecule has 0 aromatic heterocycles. The Bertz CT molecular complexity index is 455. The standard InChI is InChI=1S/C15H22N2OS/c1-3-17(10-13-5-4-8-18-13)12-6-7-14(15(16)19)11(2)9-12/h6-7,9,13H,3-5,8,10H2,1-2H3,(H2,16,19). The molecule has 0 aliphatic carbocycles. The van der Waals surface area contributed by atoms with Crippen LogP contribution >= 0.6 is 12.2 Å². The summed E-state index contributed by atoms with van der Waals surface area (Å²) in [4.78, 5) is 2.82. The molecule has 0 spiro atoms. The van der Waals surface area contributed by atoms with Crippen LogP contribution in [0, 0.1) is 6.92 Å². The Hall–Kier alpha value is -1.13. The van der Waals surface area contributed by atoms with Gasteiger partial charge in [-0.25, -0.2) is 0 Å². The Morgan fingerprint density at radius 2 is 2.32 bits per heavy atom. The van der Waals surface area contributed by atoms with E-state index < -0.39 is 0 Å². The highest BCUT2D eigenvalue weighted by atomic mass is 32.1. The number of nitrogens with zero attached hydrogens (tertiary/aromatic N) is 1. The maximum absolute atomic E-state index is 5.72. The van der Waals surface area contributed by atoms with Crippen molar-refractivity contribution in [2.24, 2.45) is 5.73 Å². The number of ether oxygens (including phenoxy) is 1. The van der Waals surface area contributed by atoms with Crippen LogP contribution in [0.1, 0.15) is 30.9 Å². The van der Waals surface area contributed by atoms with Crippen LogP contribution in [0.2, 0.25) is 0 Å². The topological polar surface area (TPSA) is 38.5 Å². The van der Waals surface area contributed by atoms with E-state index in [2.05, 4.69) is 30.9 Å². The summed E-state index contributed by atoms with van der Waals surface area (Å²) in [5.74, 6) is 0. The first kappa shape index (κ1) is 14.3. The van der Waals surface area contributed by atoms with Gasteiger partial charge in [-0.3, -0.25) is 0 Å². The van der Waals surface area contributed by atoms with Crippen molar-refractivity contribution >= 4 is 22.9 Å². The molecule has 104 valence electrons. The zero-order valence-corrected chi connectivity index (χ0v) is 12.5. The molecule has 1 fully saturated rings. The Morgan fingerprint density at radius 3 is 2.84 bits per heavy atom. The summed E-state index contributed by atoms with van der Waals surface area (Å²) >= 11 is 5.05. The third-order valence-corrected chi connectivity index (χ3v) is 3.89. The van der Waals surface area contributed by atoms with Gasteiger partial charge in [0.1, 0.15) is 4.99 Å². The predicted octanol–water partition coefficient (Wildman–Crippen LogP) is 2.63. The van der Waals surface area contributed by atoms with Gasteiger partial charge in [-0.05, 0) is 50.5 Å². The number of likely N-dealkylation sites (N-methyl/N-ethyl adjacent to an activating group) is 1. The molecular weight excluding hydrogens is 256 g/mol. The van der Waals surface area contributed by atoms with Gasteiger partial charge >= 0.3 is 0 Å². The first-order valence-corrected chi connectivity index (χ1v) is 7.29. The molecule has 0 bridgehead atoms. The summed E-state index contributed by atoms with van der Waals surface area (Å²) in [6.07, 6.45) is 2.72. The summed E-state index contributed by atoms with van der Waals surface area (Å²) in [5.41, 5.74) is 9.02. The molecule has 1 saturated heterocycles. The molecule has 1 aliphatic heterocycles. The fourth-order valence-electron chi connectivity index (χ4n) is 2.57. The van der Waals surface area contributed by atoms with Crippen LogP contribution in [0.25, 0.3) is 0 Å². The lowest BCUT2D eigenvalue weighted by atomic mass is 10.1. The van der Waals surface area contributed by atoms with Gasteiger partial charge in [-0.15, -0.1) is 0 Å². The van der Waals surface area contributed by atoms with Crippen LogP contribution in [-0.2, 0) is 4.74 Å². The van der Waals surface area contributed by atoms with E-state index in [0.29, 0.717) is 11.1 Å². The predicted molar refractivity (Wildman–Crippen MR) is 83.9 cm³/mol. The Balaban J connectivity index is 2.13. The van der Waals surface area contributed by atoms with Crippen molar-refractivity contribution in [1.82, 2.24) is 0 Å². The second kappa shape index (κ2) is 6.35. The fourth-order valence-corrected chi connectivity index (χ4v) is 2.80. The maximum Gasteiger partial charge on any atom is 0.104 e. The average Bonchev–Trinajstić information content (AvgIpc) is 2.88. The fraction of sp³-hybridized carbons (Fsp3) is 0.533. The van der Waals surface area contributed by atoms with Gasteiger partial charge in [-0.2, -0.15) is 0 Å². The molecule has 1 unspecified atom stereocenters. The number of hydrogen-bond acceptors (Lipinski definition) is 3. The monoisotopic (exact) mass is 278 g/mol.